The quantitative estimate of drug-likeness (QED) is 0.878. The molecule has 25 heavy (non-hydrogen) atoms. The minimum Gasteiger partial charge on any atom is -0.394 e. The number of pyridine rings is 1. The molecule has 3 rings (SSSR count). The number of carbonyl (C=O) groups is 1. The Balaban J connectivity index is 1.53. The zero-order chi connectivity index (χ0) is 17.9. The molecule has 2 fully saturated rings. The van der Waals surface area contributed by atoms with Crippen LogP contribution in [0.3, 0.4) is 0 Å². The van der Waals surface area contributed by atoms with Gasteiger partial charge >= 0.3 is 6.03 Å². The fourth-order valence-corrected chi connectivity index (χ4v) is 4.05. The average molecular weight is 346 g/mol. The van der Waals surface area contributed by atoms with E-state index in [2.05, 4.69) is 34.3 Å². The molecule has 0 bridgehead atoms. The number of carbonyl (C=O) groups excluding carboxylic acids is 1. The lowest BCUT2D eigenvalue weighted by atomic mass is 9.94. The molecule has 0 radical (unpaired) electrons. The highest BCUT2D eigenvalue weighted by Gasteiger charge is 2.42. The Hall–Kier alpha value is -1.82. The number of amides is 2. The fraction of sp³-hybridized carbons (Fsp3) is 0.684. The van der Waals surface area contributed by atoms with Crippen molar-refractivity contribution in [1.29, 1.82) is 0 Å². The summed E-state index contributed by atoms with van der Waals surface area (Å²) in [6.45, 7) is 6.69. The van der Waals surface area contributed by atoms with Crippen LogP contribution < -0.4 is 10.2 Å². The smallest absolute Gasteiger partial charge is 0.318 e. The van der Waals surface area contributed by atoms with E-state index in [1.165, 1.54) is 5.56 Å². The van der Waals surface area contributed by atoms with Gasteiger partial charge in [-0.2, -0.15) is 0 Å². The number of aliphatic hydroxyl groups is 1. The van der Waals surface area contributed by atoms with E-state index >= 15 is 0 Å². The van der Waals surface area contributed by atoms with Gasteiger partial charge in [0.1, 0.15) is 5.82 Å². The van der Waals surface area contributed by atoms with Crippen molar-refractivity contribution in [3.63, 3.8) is 0 Å². The molecule has 1 atom stereocenters. The predicted molar refractivity (Wildman–Crippen MR) is 98.8 cm³/mol. The highest BCUT2D eigenvalue weighted by Crippen LogP contribution is 2.32. The predicted octanol–water partition coefficient (Wildman–Crippen LogP) is 2.31. The second-order valence-electron chi connectivity index (χ2n) is 7.40. The summed E-state index contributed by atoms with van der Waals surface area (Å²) in [7, 11) is 0. The van der Waals surface area contributed by atoms with E-state index in [0.717, 1.165) is 57.6 Å². The Morgan fingerprint density at radius 1 is 1.36 bits per heavy atom. The summed E-state index contributed by atoms with van der Waals surface area (Å²) in [5.74, 6) is 1.01. The molecule has 0 aromatic carbocycles. The number of anilines is 1. The first-order valence-electron chi connectivity index (χ1n) is 9.44. The topological polar surface area (TPSA) is 68.7 Å². The van der Waals surface area contributed by atoms with Crippen molar-refractivity contribution >= 4 is 11.8 Å². The molecule has 3 heterocycles. The van der Waals surface area contributed by atoms with E-state index in [1.54, 1.807) is 0 Å². The molecule has 0 saturated carbocycles. The number of nitrogens with one attached hydrogen (secondary N) is 1. The second kappa shape index (κ2) is 7.60. The molecule has 2 N–H and O–H groups in total. The summed E-state index contributed by atoms with van der Waals surface area (Å²) in [6.07, 6.45) is 6.41. The van der Waals surface area contributed by atoms with Crippen LogP contribution in [-0.4, -0.2) is 58.8 Å². The maximum Gasteiger partial charge on any atom is 0.318 e. The van der Waals surface area contributed by atoms with Crippen LogP contribution in [0.2, 0.25) is 0 Å². The summed E-state index contributed by atoms with van der Waals surface area (Å²) >= 11 is 0. The highest BCUT2D eigenvalue weighted by molar-refractivity contribution is 5.76. The number of nitrogens with zero attached hydrogens (tertiary/aromatic N) is 3. The molecule has 2 amide bonds. The van der Waals surface area contributed by atoms with Gasteiger partial charge in [0.05, 0.1) is 12.1 Å². The summed E-state index contributed by atoms with van der Waals surface area (Å²) < 4.78 is 0. The highest BCUT2D eigenvalue weighted by atomic mass is 16.3. The Morgan fingerprint density at radius 2 is 2.12 bits per heavy atom. The van der Waals surface area contributed by atoms with Crippen molar-refractivity contribution in [2.45, 2.75) is 57.5 Å². The van der Waals surface area contributed by atoms with E-state index in [4.69, 9.17) is 0 Å². The second-order valence-corrected chi connectivity index (χ2v) is 7.40. The number of aryl methyl sites for hydroxylation is 1. The van der Waals surface area contributed by atoms with Crippen LogP contribution in [0.4, 0.5) is 10.6 Å². The zero-order valence-corrected chi connectivity index (χ0v) is 15.4. The molecule has 2 aliphatic heterocycles. The number of piperidine rings is 1. The Kier molecular flexibility index (Phi) is 5.47. The van der Waals surface area contributed by atoms with Gasteiger partial charge in [0.2, 0.25) is 0 Å². The van der Waals surface area contributed by atoms with Crippen LogP contribution in [0.15, 0.2) is 18.3 Å². The summed E-state index contributed by atoms with van der Waals surface area (Å²) in [4.78, 5) is 21.4. The van der Waals surface area contributed by atoms with Crippen LogP contribution in [0.1, 0.15) is 44.6 Å². The molecule has 6 heteroatoms. The van der Waals surface area contributed by atoms with E-state index in [9.17, 15) is 9.90 Å². The van der Waals surface area contributed by atoms with Gasteiger partial charge in [-0.05, 0) is 50.7 Å². The van der Waals surface area contributed by atoms with Crippen LogP contribution in [0.5, 0.6) is 0 Å². The SMILES string of the molecule is CC[C@]1(CO)CCCN1C(=O)NC1CCN(c2ccc(C)cn2)CC1. The van der Waals surface area contributed by atoms with Crippen molar-refractivity contribution < 1.29 is 9.90 Å². The number of hydrogen-bond donors (Lipinski definition) is 2. The van der Waals surface area contributed by atoms with Crippen LogP contribution in [0, 0.1) is 6.92 Å². The third-order valence-electron chi connectivity index (χ3n) is 5.84. The van der Waals surface area contributed by atoms with E-state index in [1.807, 2.05) is 18.0 Å². The Bertz CT molecular complexity index is 578. The first-order valence-corrected chi connectivity index (χ1v) is 9.44. The molecule has 2 aliphatic rings. The van der Waals surface area contributed by atoms with Gasteiger partial charge in [0.25, 0.3) is 0 Å². The molecule has 1 aromatic rings. The number of rotatable bonds is 4. The number of hydrogen-bond acceptors (Lipinski definition) is 4. The molecule has 138 valence electrons. The third kappa shape index (κ3) is 3.73. The molecule has 0 spiro atoms. The Morgan fingerprint density at radius 3 is 2.72 bits per heavy atom. The van der Waals surface area contributed by atoms with Crippen LogP contribution in [0.25, 0.3) is 0 Å². The van der Waals surface area contributed by atoms with Crippen LogP contribution in [-0.2, 0) is 0 Å². The Labute approximate surface area is 150 Å². The fourth-order valence-electron chi connectivity index (χ4n) is 4.05. The van der Waals surface area contributed by atoms with Crippen molar-refractivity contribution in [2.75, 3.05) is 31.1 Å². The minimum atomic E-state index is -0.364. The summed E-state index contributed by atoms with van der Waals surface area (Å²) in [6, 6.07) is 4.33. The minimum absolute atomic E-state index is 0.0136. The van der Waals surface area contributed by atoms with Gasteiger partial charge in [-0.3, -0.25) is 0 Å². The molecular formula is C19H30N4O2. The molecule has 1 aromatic heterocycles. The normalized spacial score (nSPS) is 24.6. The van der Waals surface area contributed by atoms with Crippen molar-refractivity contribution in [3.05, 3.63) is 23.9 Å². The van der Waals surface area contributed by atoms with Gasteiger partial charge in [0.15, 0.2) is 0 Å². The number of urea groups is 1. The molecule has 0 unspecified atom stereocenters. The number of likely N-dealkylation sites (tertiary alicyclic amines) is 1. The van der Waals surface area contributed by atoms with Crippen molar-refractivity contribution in [3.8, 4) is 0 Å². The van der Waals surface area contributed by atoms with Gasteiger partial charge < -0.3 is 20.2 Å². The van der Waals surface area contributed by atoms with Gasteiger partial charge in [0, 0.05) is 31.9 Å². The first-order chi connectivity index (χ1) is 12.1. The van der Waals surface area contributed by atoms with Crippen molar-refractivity contribution in [2.24, 2.45) is 0 Å². The first kappa shape index (κ1) is 18.0. The van der Waals surface area contributed by atoms with Crippen LogP contribution >= 0.6 is 0 Å². The summed E-state index contributed by atoms with van der Waals surface area (Å²) in [5.41, 5.74) is 0.802. The lowest BCUT2D eigenvalue weighted by Gasteiger charge is -2.39. The molecular weight excluding hydrogens is 316 g/mol. The lowest BCUT2D eigenvalue weighted by Crippen LogP contribution is -2.56. The van der Waals surface area contributed by atoms with Crippen molar-refractivity contribution in [1.82, 2.24) is 15.2 Å². The van der Waals surface area contributed by atoms with Gasteiger partial charge in [-0.15, -0.1) is 0 Å². The molecule has 2 saturated heterocycles. The average Bonchev–Trinajstić information content (AvgIpc) is 3.08. The largest absolute Gasteiger partial charge is 0.394 e. The van der Waals surface area contributed by atoms with E-state index in [0.29, 0.717) is 0 Å². The molecule has 0 aliphatic carbocycles. The zero-order valence-electron chi connectivity index (χ0n) is 15.4. The maximum absolute atomic E-state index is 12.7. The standard InChI is InChI=1S/C19H30N4O2/c1-3-19(14-24)9-4-10-23(19)18(25)21-16-7-11-22(12-8-16)17-6-5-15(2)13-20-17/h5-6,13,16,24H,3-4,7-12,14H2,1-2H3,(H,21,25)/t19-/m1/s1. The maximum atomic E-state index is 12.7. The van der Waals surface area contributed by atoms with Gasteiger partial charge in [-0.1, -0.05) is 13.0 Å². The number of aliphatic hydroxyl groups excluding tert-OH is 1. The third-order valence-corrected chi connectivity index (χ3v) is 5.84. The molecule has 6 nitrogen and oxygen atoms in total. The van der Waals surface area contributed by atoms with Gasteiger partial charge in [-0.25, -0.2) is 9.78 Å². The summed E-state index contributed by atoms with van der Waals surface area (Å²) in [5, 5.41) is 13.0. The monoisotopic (exact) mass is 346 g/mol. The number of aromatic nitrogens is 1. The van der Waals surface area contributed by atoms with E-state index < -0.39 is 0 Å². The van der Waals surface area contributed by atoms with E-state index in [-0.39, 0.29) is 24.2 Å². The lowest BCUT2D eigenvalue weighted by molar-refractivity contribution is 0.0792.